The van der Waals surface area contributed by atoms with E-state index < -0.39 is 7.92 Å². The smallest absolute Gasteiger partial charge is 0.183 e. The second kappa shape index (κ2) is 7.76. The Kier molecular flexibility index (Phi) is 6.01. The van der Waals surface area contributed by atoms with Gasteiger partial charge in [0.2, 0.25) is 0 Å². The van der Waals surface area contributed by atoms with Gasteiger partial charge in [-0.1, -0.05) is 68.6 Å². The van der Waals surface area contributed by atoms with E-state index >= 15 is 0 Å². The van der Waals surface area contributed by atoms with Crippen molar-refractivity contribution in [3.63, 3.8) is 0 Å². The Morgan fingerprint density at radius 2 is 1.10 bits per heavy atom. The van der Waals surface area contributed by atoms with Crippen LogP contribution in [0.1, 0.15) is 0 Å². The van der Waals surface area contributed by atoms with Crippen LogP contribution in [0.5, 0.6) is 0 Å². The maximum Gasteiger partial charge on any atom is 1.00 e. The normalized spacial score (nSPS) is 10.1. The van der Waals surface area contributed by atoms with Crippen LogP contribution in [-0.4, -0.2) is 0 Å². The van der Waals surface area contributed by atoms with Gasteiger partial charge in [-0.25, -0.2) is 0 Å². The SMILES string of the molecule is [Na+].[c-]1cccc(P(c2ccccc2)c2ccccc2)c1. The third kappa shape index (κ3) is 3.59. The monoisotopic (exact) mass is 284 g/mol. The van der Waals surface area contributed by atoms with E-state index in [1.54, 1.807) is 0 Å². The molecule has 0 heterocycles. The molecular formula is C18H14NaP. The van der Waals surface area contributed by atoms with Crippen molar-refractivity contribution >= 4 is 23.8 Å². The summed E-state index contributed by atoms with van der Waals surface area (Å²) in [4.78, 5) is 0. The summed E-state index contributed by atoms with van der Waals surface area (Å²) < 4.78 is 0. The summed E-state index contributed by atoms with van der Waals surface area (Å²) in [5.74, 6) is 0. The van der Waals surface area contributed by atoms with E-state index in [4.69, 9.17) is 0 Å². The van der Waals surface area contributed by atoms with E-state index in [1.807, 2.05) is 6.07 Å². The second-order valence-corrected chi connectivity index (χ2v) is 6.49. The van der Waals surface area contributed by atoms with Crippen molar-refractivity contribution in [1.82, 2.24) is 0 Å². The van der Waals surface area contributed by atoms with Crippen LogP contribution in [0.2, 0.25) is 0 Å². The van der Waals surface area contributed by atoms with Crippen molar-refractivity contribution in [2.45, 2.75) is 0 Å². The number of benzene rings is 3. The van der Waals surface area contributed by atoms with Crippen LogP contribution in [-0.2, 0) is 0 Å². The van der Waals surface area contributed by atoms with Crippen LogP contribution in [0.3, 0.4) is 0 Å². The molecule has 0 aliphatic heterocycles. The molecule has 0 aliphatic carbocycles. The summed E-state index contributed by atoms with van der Waals surface area (Å²) in [5.41, 5.74) is 0. The zero-order chi connectivity index (χ0) is 12.9. The predicted molar refractivity (Wildman–Crippen MR) is 84.0 cm³/mol. The predicted octanol–water partition coefficient (Wildman–Crippen LogP) is 0.249. The molecule has 2 heteroatoms. The average Bonchev–Trinajstić information content (AvgIpc) is 2.51. The Balaban J connectivity index is 0.00000147. The van der Waals surface area contributed by atoms with Gasteiger partial charge in [0.1, 0.15) is 0 Å². The van der Waals surface area contributed by atoms with Gasteiger partial charge in [-0.3, -0.25) is 0 Å². The molecule has 3 aromatic rings. The van der Waals surface area contributed by atoms with Gasteiger partial charge in [-0.05, 0) is 10.6 Å². The molecule has 0 amide bonds. The van der Waals surface area contributed by atoms with Crippen molar-refractivity contribution in [2.24, 2.45) is 0 Å². The standard InChI is InChI=1S/C18H14P.Na/c1-4-10-16(11-5-1)19(17-12-6-2-7-13-17)18-14-8-3-9-15-18;/h1-8,10-15H;/q-1;+1. The van der Waals surface area contributed by atoms with Gasteiger partial charge in [-0.2, -0.15) is 30.3 Å². The van der Waals surface area contributed by atoms with Crippen LogP contribution in [0.15, 0.2) is 84.9 Å². The quantitative estimate of drug-likeness (QED) is 0.367. The molecule has 0 aliphatic rings. The molecule has 0 saturated carbocycles. The topological polar surface area (TPSA) is 0 Å². The van der Waals surface area contributed by atoms with Gasteiger partial charge in [0.25, 0.3) is 0 Å². The Morgan fingerprint density at radius 1 is 0.600 bits per heavy atom. The van der Waals surface area contributed by atoms with Crippen molar-refractivity contribution < 1.29 is 29.6 Å². The largest absolute Gasteiger partial charge is 1.00 e. The van der Waals surface area contributed by atoms with Crippen LogP contribution in [0.25, 0.3) is 0 Å². The molecule has 0 unspecified atom stereocenters. The van der Waals surface area contributed by atoms with Gasteiger partial charge in [0.15, 0.2) is 0 Å². The summed E-state index contributed by atoms with van der Waals surface area (Å²) in [6.07, 6.45) is 0. The first-order valence-corrected chi connectivity index (χ1v) is 7.66. The maximum atomic E-state index is 3.20. The molecule has 0 nitrogen and oxygen atoms in total. The van der Waals surface area contributed by atoms with Crippen LogP contribution in [0, 0.1) is 6.07 Å². The fraction of sp³-hybridized carbons (Fsp3) is 0. The van der Waals surface area contributed by atoms with Crippen molar-refractivity contribution in [2.75, 3.05) is 0 Å². The Bertz CT molecular complexity index is 529. The first-order valence-electron chi connectivity index (χ1n) is 6.31. The first kappa shape index (κ1) is 15.5. The summed E-state index contributed by atoms with van der Waals surface area (Å²) >= 11 is 0. The average molecular weight is 284 g/mol. The van der Waals surface area contributed by atoms with Crippen LogP contribution in [0.4, 0.5) is 0 Å². The van der Waals surface area contributed by atoms with Crippen LogP contribution < -0.4 is 45.5 Å². The van der Waals surface area contributed by atoms with E-state index in [1.165, 1.54) is 15.9 Å². The van der Waals surface area contributed by atoms with Crippen LogP contribution >= 0.6 is 7.92 Å². The zero-order valence-corrected chi connectivity index (χ0v) is 14.4. The molecule has 0 N–H and O–H groups in total. The number of rotatable bonds is 3. The molecule has 20 heavy (non-hydrogen) atoms. The van der Waals surface area contributed by atoms with Crippen molar-refractivity contribution in [3.8, 4) is 0 Å². The molecule has 0 fully saturated rings. The molecule has 0 bridgehead atoms. The maximum absolute atomic E-state index is 3.20. The fourth-order valence-corrected chi connectivity index (χ4v) is 4.40. The summed E-state index contributed by atoms with van der Waals surface area (Å²) in [6.45, 7) is 0. The molecule has 3 rings (SSSR count). The van der Waals surface area contributed by atoms with E-state index in [9.17, 15) is 0 Å². The van der Waals surface area contributed by atoms with Crippen molar-refractivity contribution in [3.05, 3.63) is 91.0 Å². The first-order chi connectivity index (χ1) is 9.45. The second-order valence-electron chi connectivity index (χ2n) is 4.27. The minimum atomic E-state index is -0.477. The number of hydrogen-bond donors (Lipinski definition) is 0. The Hall–Kier alpha value is -0.910. The summed E-state index contributed by atoms with van der Waals surface area (Å²) in [6, 6.07) is 33.0. The minimum Gasteiger partial charge on any atom is -0.183 e. The van der Waals surface area contributed by atoms with E-state index in [-0.39, 0.29) is 29.6 Å². The molecule has 0 saturated heterocycles. The Morgan fingerprint density at radius 3 is 1.55 bits per heavy atom. The summed E-state index contributed by atoms with van der Waals surface area (Å²) in [7, 11) is -0.477. The van der Waals surface area contributed by atoms with Gasteiger partial charge >= 0.3 is 29.6 Å². The zero-order valence-electron chi connectivity index (χ0n) is 11.5. The molecule has 0 atom stereocenters. The summed E-state index contributed by atoms with van der Waals surface area (Å²) in [5, 5.41) is 4.10. The van der Waals surface area contributed by atoms with E-state index in [0.717, 1.165) is 0 Å². The number of hydrogen-bond acceptors (Lipinski definition) is 0. The third-order valence-corrected chi connectivity index (χ3v) is 5.40. The molecule has 0 aromatic heterocycles. The molecule has 92 valence electrons. The van der Waals surface area contributed by atoms with E-state index in [0.29, 0.717) is 0 Å². The van der Waals surface area contributed by atoms with E-state index in [2.05, 4.69) is 84.9 Å². The van der Waals surface area contributed by atoms with Crippen molar-refractivity contribution in [1.29, 1.82) is 0 Å². The molecule has 0 spiro atoms. The van der Waals surface area contributed by atoms with Gasteiger partial charge < -0.3 is 0 Å². The van der Waals surface area contributed by atoms with Gasteiger partial charge in [0.05, 0.1) is 0 Å². The molecule has 0 radical (unpaired) electrons. The van der Waals surface area contributed by atoms with Gasteiger partial charge in [0, 0.05) is 0 Å². The molecule has 3 aromatic carbocycles. The fourth-order valence-electron chi connectivity index (χ4n) is 2.12. The molecular weight excluding hydrogens is 270 g/mol. The van der Waals surface area contributed by atoms with Gasteiger partial charge in [-0.15, -0.1) is 5.30 Å². The third-order valence-electron chi connectivity index (χ3n) is 2.98. The minimum absolute atomic E-state index is 0. The Labute approximate surface area is 143 Å².